The average molecular weight is 217 g/mol. The zero-order chi connectivity index (χ0) is 11.6. The summed E-state index contributed by atoms with van der Waals surface area (Å²) in [6.07, 6.45) is 0.00763. The maximum absolute atomic E-state index is 9.90. The van der Waals surface area contributed by atoms with Crippen molar-refractivity contribution in [2.24, 2.45) is 5.92 Å². The summed E-state index contributed by atoms with van der Waals surface area (Å²) in [5.41, 5.74) is -0.370. The van der Waals surface area contributed by atoms with Crippen molar-refractivity contribution >= 4 is 0 Å². The Balaban J connectivity index is 2.54. The van der Waals surface area contributed by atoms with Gasteiger partial charge in [0.15, 0.2) is 0 Å². The van der Waals surface area contributed by atoms with Gasteiger partial charge in [-0.1, -0.05) is 6.92 Å². The molecule has 1 aliphatic heterocycles. The van der Waals surface area contributed by atoms with E-state index in [-0.39, 0.29) is 18.2 Å². The number of nitrogens with zero attached hydrogens (tertiary/aromatic N) is 1. The minimum atomic E-state index is -0.910. The Hall–Kier alpha value is -0.160. The first-order valence-electron chi connectivity index (χ1n) is 5.56. The lowest BCUT2D eigenvalue weighted by Gasteiger charge is -2.32. The quantitative estimate of drug-likeness (QED) is 0.686. The molecule has 4 heteroatoms. The van der Waals surface area contributed by atoms with Crippen molar-refractivity contribution in [2.45, 2.75) is 52.2 Å². The molecule has 1 heterocycles. The number of rotatable bonds is 3. The topological polar surface area (TPSA) is 52.9 Å². The molecule has 1 aliphatic rings. The molecule has 0 aromatic rings. The number of ether oxygens (including phenoxy) is 1. The largest absolute Gasteiger partial charge is 0.395 e. The van der Waals surface area contributed by atoms with Gasteiger partial charge in [0.1, 0.15) is 0 Å². The first-order valence-corrected chi connectivity index (χ1v) is 5.56. The van der Waals surface area contributed by atoms with Crippen LogP contribution in [0, 0.1) is 5.92 Å². The number of hydrogen-bond donors (Lipinski definition) is 2. The molecule has 0 aromatic carbocycles. The highest BCUT2D eigenvalue weighted by Crippen LogP contribution is 2.25. The van der Waals surface area contributed by atoms with Crippen LogP contribution in [0.15, 0.2) is 0 Å². The fourth-order valence-electron chi connectivity index (χ4n) is 2.02. The third-order valence-electron chi connectivity index (χ3n) is 2.62. The van der Waals surface area contributed by atoms with Gasteiger partial charge in [-0.2, -0.15) is 0 Å². The third-order valence-corrected chi connectivity index (χ3v) is 2.62. The van der Waals surface area contributed by atoms with Crippen molar-refractivity contribution in [1.82, 2.24) is 4.90 Å². The molecular formula is C11H23NO3. The Morgan fingerprint density at radius 1 is 1.47 bits per heavy atom. The lowest BCUT2D eigenvalue weighted by molar-refractivity contribution is -0.244. The van der Waals surface area contributed by atoms with Crippen molar-refractivity contribution in [3.8, 4) is 0 Å². The lowest BCUT2D eigenvalue weighted by Crippen LogP contribution is -2.45. The zero-order valence-corrected chi connectivity index (χ0v) is 10.1. The molecule has 0 aliphatic carbocycles. The van der Waals surface area contributed by atoms with Gasteiger partial charge in [-0.15, -0.1) is 0 Å². The van der Waals surface area contributed by atoms with Gasteiger partial charge in [0.05, 0.1) is 12.2 Å². The van der Waals surface area contributed by atoms with Crippen LogP contribution in [0.1, 0.15) is 34.1 Å². The highest BCUT2D eigenvalue weighted by molar-refractivity contribution is 4.82. The van der Waals surface area contributed by atoms with Crippen molar-refractivity contribution in [1.29, 1.82) is 0 Å². The Kier molecular flexibility index (Phi) is 4.12. The van der Waals surface area contributed by atoms with Crippen LogP contribution in [-0.2, 0) is 4.74 Å². The summed E-state index contributed by atoms with van der Waals surface area (Å²) < 4.78 is 5.47. The van der Waals surface area contributed by atoms with E-state index in [2.05, 4.69) is 6.92 Å². The van der Waals surface area contributed by atoms with E-state index in [1.54, 1.807) is 0 Å². The molecular weight excluding hydrogens is 194 g/mol. The second-order valence-electron chi connectivity index (χ2n) is 5.43. The molecule has 3 atom stereocenters. The molecule has 0 amide bonds. The Labute approximate surface area is 91.8 Å². The fraction of sp³-hybridized carbons (Fsp3) is 1.00. The van der Waals surface area contributed by atoms with Crippen molar-refractivity contribution in [2.75, 3.05) is 13.2 Å². The third kappa shape index (κ3) is 3.72. The number of likely N-dealkylation sites (tertiary alicyclic amines) is 1. The van der Waals surface area contributed by atoms with Gasteiger partial charge in [0, 0.05) is 12.6 Å². The molecule has 0 aromatic heterocycles. The highest BCUT2D eigenvalue weighted by Gasteiger charge is 2.35. The molecule has 2 N–H and O–H groups in total. The molecule has 0 saturated carbocycles. The van der Waals surface area contributed by atoms with Crippen LogP contribution in [0.3, 0.4) is 0 Å². The normalized spacial score (nSPS) is 30.8. The van der Waals surface area contributed by atoms with E-state index in [0.29, 0.717) is 5.92 Å². The highest BCUT2D eigenvalue weighted by atomic mass is 16.6. The van der Waals surface area contributed by atoms with E-state index in [1.807, 2.05) is 25.7 Å². The molecule has 1 fully saturated rings. The summed E-state index contributed by atoms with van der Waals surface area (Å²) in [4.78, 5) is 1.83. The molecule has 3 unspecified atom stereocenters. The molecule has 1 rings (SSSR count). The smallest absolute Gasteiger partial charge is 0.216 e. The molecule has 90 valence electrons. The number of aliphatic hydroxyl groups is 2. The van der Waals surface area contributed by atoms with Crippen LogP contribution in [0.25, 0.3) is 0 Å². The Morgan fingerprint density at radius 3 is 2.53 bits per heavy atom. The summed E-state index contributed by atoms with van der Waals surface area (Å²) >= 11 is 0. The van der Waals surface area contributed by atoms with E-state index in [4.69, 9.17) is 4.74 Å². The van der Waals surface area contributed by atoms with Crippen molar-refractivity contribution < 1.29 is 14.9 Å². The van der Waals surface area contributed by atoms with Crippen LogP contribution in [-0.4, -0.2) is 46.3 Å². The van der Waals surface area contributed by atoms with Crippen molar-refractivity contribution in [3.63, 3.8) is 0 Å². The van der Waals surface area contributed by atoms with E-state index in [1.165, 1.54) is 0 Å². The van der Waals surface area contributed by atoms with Crippen LogP contribution < -0.4 is 0 Å². The second kappa shape index (κ2) is 4.78. The predicted octanol–water partition coefficient (Wildman–Crippen LogP) is 0.780. The SMILES string of the molecule is CC1CC(CO)N(C(O)OC(C)(C)C)C1. The summed E-state index contributed by atoms with van der Waals surface area (Å²) in [7, 11) is 0. The van der Waals surface area contributed by atoms with E-state index >= 15 is 0 Å². The van der Waals surface area contributed by atoms with Gasteiger partial charge >= 0.3 is 0 Å². The maximum atomic E-state index is 9.90. The van der Waals surface area contributed by atoms with Crippen molar-refractivity contribution in [3.05, 3.63) is 0 Å². The average Bonchev–Trinajstić information content (AvgIpc) is 2.43. The number of aliphatic hydroxyl groups excluding tert-OH is 2. The standard InChI is InChI=1S/C11H23NO3/c1-8-5-9(7-13)12(6-8)10(14)15-11(2,3)4/h8-10,13-14H,5-7H2,1-4H3. The zero-order valence-electron chi connectivity index (χ0n) is 10.1. The monoisotopic (exact) mass is 217 g/mol. The van der Waals surface area contributed by atoms with E-state index in [0.717, 1.165) is 13.0 Å². The van der Waals surface area contributed by atoms with Crippen LogP contribution in [0.5, 0.6) is 0 Å². The summed E-state index contributed by atoms with van der Waals surface area (Å²) in [5, 5.41) is 19.1. The minimum Gasteiger partial charge on any atom is -0.395 e. The van der Waals surface area contributed by atoms with E-state index in [9.17, 15) is 10.2 Å². The van der Waals surface area contributed by atoms with Crippen LogP contribution in [0.2, 0.25) is 0 Å². The lowest BCUT2D eigenvalue weighted by atomic mass is 10.1. The van der Waals surface area contributed by atoms with Crippen LogP contribution in [0.4, 0.5) is 0 Å². The van der Waals surface area contributed by atoms with Gasteiger partial charge in [0.25, 0.3) is 0 Å². The molecule has 0 radical (unpaired) electrons. The first kappa shape index (κ1) is 12.9. The minimum absolute atomic E-state index is 0.0253. The van der Waals surface area contributed by atoms with Crippen LogP contribution >= 0.6 is 0 Å². The van der Waals surface area contributed by atoms with Gasteiger partial charge in [-0.25, -0.2) is 4.90 Å². The molecule has 0 bridgehead atoms. The maximum Gasteiger partial charge on any atom is 0.216 e. The van der Waals surface area contributed by atoms with Gasteiger partial charge < -0.3 is 14.9 Å². The number of hydrogen-bond acceptors (Lipinski definition) is 4. The Morgan fingerprint density at radius 2 is 2.07 bits per heavy atom. The molecule has 0 spiro atoms. The predicted molar refractivity (Wildman–Crippen MR) is 58.2 cm³/mol. The van der Waals surface area contributed by atoms with Gasteiger partial charge in [0.2, 0.25) is 6.41 Å². The van der Waals surface area contributed by atoms with Gasteiger partial charge in [-0.3, -0.25) is 0 Å². The summed E-state index contributed by atoms with van der Waals surface area (Å²) in [6, 6.07) is 0.0253. The fourth-order valence-corrected chi connectivity index (χ4v) is 2.02. The van der Waals surface area contributed by atoms with Gasteiger partial charge in [-0.05, 0) is 33.1 Å². The van der Waals surface area contributed by atoms with E-state index < -0.39 is 6.41 Å². The molecule has 15 heavy (non-hydrogen) atoms. The molecule has 4 nitrogen and oxygen atoms in total. The first-order chi connectivity index (χ1) is 6.83. The summed E-state index contributed by atoms with van der Waals surface area (Å²) in [5.74, 6) is 0.500. The summed E-state index contributed by atoms with van der Waals surface area (Å²) in [6.45, 7) is 8.70. The Bertz CT molecular complexity index is 202. The second-order valence-corrected chi connectivity index (χ2v) is 5.43. The molecule has 1 saturated heterocycles.